The second-order valence-electron chi connectivity index (χ2n) is 7.14. The highest BCUT2D eigenvalue weighted by Gasteiger charge is 2.21. The van der Waals surface area contributed by atoms with Crippen molar-refractivity contribution in [3.8, 4) is 0 Å². The van der Waals surface area contributed by atoms with E-state index in [2.05, 4.69) is 43.1 Å². The average Bonchev–Trinajstić information content (AvgIpc) is 2.39. The smallest absolute Gasteiger partial charge is 0.0406 e. The third kappa shape index (κ3) is 5.43. The molecular formula is C17H27ClN2. The van der Waals surface area contributed by atoms with E-state index in [9.17, 15) is 0 Å². The second-order valence-corrected chi connectivity index (χ2v) is 7.58. The third-order valence-electron chi connectivity index (χ3n) is 3.75. The number of hydrogen-bond donors (Lipinski definition) is 1. The molecule has 0 aromatic heterocycles. The SMILES string of the molecule is CC(C)(C)CNC1CCCN(Cc2ccc(Cl)cc2)C1. The molecule has 0 aliphatic carbocycles. The molecule has 1 atom stereocenters. The van der Waals surface area contributed by atoms with Gasteiger partial charge in [0.2, 0.25) is 0 Å². The molecular weight excluding hydrogens is 268 g/mol. The summed E-state index contributed by atoms with van der Waals surface area (Å²) >= 11 is 5.94. The van der Waals surface area contributed by atoms with Crippen molar-refractivity contribution >= 4 is 11.6 Å². The third-order valence-corrected chi connectivity index (χ3v) is 4.00. The Labute approximate surface area is 128 Å². The molecule has 20 heavy (non-hydrogen) atoms. The summed E-state index contributed by atoms with van der Waals surface area (Å²) in [7, 11) is 0. The molecule has 112 valence electrons. The van der Waals surface area contributed by atoms with Crippen molar-refractivity contribution in [3.63, 3.8) is 0 Å². The highest BCUT2D eigenvalue weighted by Crippen LogP contribution is 2.17. The maximum Gasteiger partial charge on any atom is 0.0406 e. The quantitative estimate of drug-likeness (QED) is 0.905. The largest absolute Gasteiger partial charge is 0.312 e. The van der Waals surface area contributed by atoms with E-state index < -0.39 is 0 Å². The number of nitrogens with one attached hydrogen (secondary N) is 1. The summed E-state index contributed by atoms with van der Waals surface area (Å²) in [5.74, 6) is 0. The van der Waals surface area contributed by atoms with Gasteiger partial charge in [0.25, 0.3) is 0 Å². The maximum atomic E-state index is 5.94. The van der Waals surface area contributed by atoms with Crippen molar-refractivity contribution in [1.82, 2.24) is 10.2 Å². The summed E-state index contributed by atoms with van der Waals surface area (Å²) < 4.78 is 0. The van der Waals surface area contributed by atoms with Gasteiger partial charge in [-0.25, -0.2) is 0 Å². The van der Waals surface area contributed by atoms with Crippen LogP contribution in [-0.4, -0.2) is 30.6 Å². The average molecular weight is 295 g/mol. The fourth-order valence-corrected chi connectivity index (χ4v) is 2.79. The minimum Gasteiger partial charge on any atom is -0.312 e. The molecule has 3 heteroatoms. The van der Waals surface area contributed by atoms with E-state index in [0.717, 1.165) is 24.7 Å². The van der Waals surface area contributed by atoms with Gasteiger partial charge in [0.05, 0.1) is 0 Å². The highest BCUT2D eigenvalue weighted by atomic mass is 35.5. The first kappa shape index (κ1) is 15.8. The lowest BCUT2D eigenvalue weighted by Crippen LogP contribution is -2.47. The van der Waals surface area contributed by atoms with Gasteiger partial charge < -0.3 is 5.32 Å². The molecule has 1 unspecified atom stereocenters. The Morgan fingerprint density at radius 2 is 1.95 bits per heavy atom. The molecule has 1 heterocycles. The zero-order valence-electron chi connectivity index (χ0n) is 13.0. The van der Waals surface area contributed by atoms with Gasteiger partial charge in [-0.15, -0.1) is 0 Å². The molecule has 0 bridgehead atoms. The molecule has 1 saturated heterocycles. The van der Waals surface area contributed by atoms with Crippen molar-refractivity contribution < 1.29 is 0 Å². The highest BCUT2D eigenvalue weighted by molar-refractivity contribution is 6.30. The fourth-order valence-electron chi connectivity index (χ4n) is 2.66. The number of rotatable bonds is 4. The molecule has 2 rings (SSSR count). The Hall–Kier alpha value is -0.570. The van der Waals surface area contributed by atoms with Gasteiger partial charge in [-0.05, 0) is 42.5 Å². The number of hydrogen-bond acceptors (Lipinski definition) is 2. The van der Waals surface area contributed by atoms with Gasteiger partial charge in [0.15, 0.2) is 0 Å². The minimum atomic E-state index is 0.360. The first-order chi connectivity index (χ1) is 9.42. The normalized spacial score (nSPS) is 21.1. The fraction of sp³-hybridized carbons (Fsp3) is 0.647. The molecule has 1 N–H and O–H groups in total. The zero-order valence-corrected chi connectivity index (χ0v) is 13.7. The van der Waals surface area contributed by atoms with Crippen LogP contribution < -0.4 is 5.32 Å². The van der Waals surface area contributed by atoms with Crippen LogP contribution in [-0.2, 0) is 6.54 Å². The van der Waals surface area contributed by atoms with Crippen LogP contribution in [0, 0.1) is 5.41 Å². The second kappa shape index (κ2) is 6.93. The van der Waals surface area contributed by atoms with Crippen LogP contribution in [0.5, 0.6) is 0 Å². The Kier molecular flexibility index (Phi) is 5.48. The maximum absolute atomic E-state index is 5.94. The summed E-state index contributed by atoms with van der Waals surface area (Å²) in [6.45, 7) is 11.3. The van der Waals surface area contributed by atoms with Crippen molar-refractivity contribution in [1.29, 1.82) is 0 Å². The summed E-state index contributed by atoms with van der Waals surface area (Å²) in [5, 5.41) is 4.54. The van der Waals surface area contributed by atoms with Crippen LogP contribution in [0.15, 0.2) is 24.3 Å². The van der Waals surface area contributed by atoms with Gasteiger partial charge >= 0.3 is 0 Å². The van der Waals surface area contributed by atoms with Crippen molar-refractivity contribution in [2.75, 3.05) is 19.6 Å². The molecule has 2 nitrogen and oxygen atoms in total. The predicted molar refractivity (Wildman–Crippen MR) is 87.2 cm³/mol. The van der Waals surface area contributed by atoms with E-state index in [4.69, 9.17) is 11.6 Å². The molecule has 0 amide bonds. The number of likely N-dealkylation sites (tertiary alicyclic amines) is 1. The van der Waals surface area contributed by atoms with Crippen molar-refractivity contribution in [2.45, 2.75) is 46.2 Å². The van der Waals surface area contributed by atoms with Gasteiger partial charge in [0.1, 0.15) is 0 Å². The molecule has 0 radical (unpaired) electrons. The monoisotopic (exact) mass is 294 g/mol. The summed E-state index contributed by atoms with van der Waals surface area (Å²) in [5.41, 5.74) is 1.71. The number of piperidine rings is 1. The number of halogens is 1. The number of nitrogens with zero attached hydrogens (tertiary/aromatic N) is 1. The Morgan fingerprint density at radius 1 is 1.25 bits per heavy atom. The van der Waals surface area contributed by atoms with Gasteiger partial charge in [-0.3, -0.25) is 4.90 Å². The van der Waals surface area contributed by atoms with E-state index in [1.807, 2.05) is 12.1 Å². The molecule has 0 spiro atoms. The Bertz CT molecular complexity index is 408. The molecule has 1 aliphatic rings. The first-order valence-corrected chi connectivity index (χ1v) is 8.00. The predicted octanol–water partition coefficient (Wildman–Crippen LogP) is 3.94. The Balaban J connectivity index is 1.82. The van der Waals surface area contributed by atoms with E-state index in [0.29, 0.717) is 11.5 Å². The lowest BCUT2D eigenvalue weighted by atomic mass is 9.95. The lowest BCUT2D eigenvalue weighted by Gasteiger charge is -2.34. The molecule has 1 fully saturated rings. The van der Waals surface area contributed by atoms with Crippen molar-refractivity contribution in [3.05, 3.63) is 34.9 Å². The molecule has 1 aliphatic heterocycles. The standard InChI is InChI=1S/C17H27ClN2/c1-17(2,3)13-19-16-5-4-10-20(12-16)11-14-6-8-15(18)9-7-14/h6-9,16,19H,4-5,10-13H2,1-3H3. The summed E-state index contributed by atoms with van der Waals surface area (Å²) in [6.07, 6.45) is 2.59. The van der Waals surface area contributed by atoms with E-state index in [-0.39, 0.29) is 0 Å². The van der Waals surface area contributed by atoms with Gasteiger partial charge in [0, 0.05) is 30.7 Å². The molecule has 0 saturated carbocycles. The van der Waals surface area contributed by atoms with Crippen LogP contribution in [0.2, 0.25) is 5.02 Å². The van der Waals surface area contributed by atoms with Gasteiger partial charge in [-0.2, -0.15) is 0 Å². The summed E-state index contributed by atoms with van der Waals surface area (Å²) in [6, 6.07) is 8.87. The molecule has 1 aromatic carbocycles. The van der Waals surface area contributed by atoms with Crippen molar-refractivity contribution in [2.24, 2.45) is 5.41 Å². The minimum absolute atomic E-state index is 0.360. The van der Waals surface area contributed by atoms with Gasteiger partial charge in [-0.1, -0.05) is 44.5 Å². The first-order valence-electron chi connectivity index (χ1n) is 7.62. The van der Waals surface area contributed by atoms with Crippen LogP contribution >= 0.6 is 11.6 Å². The summed E-state index contributed by atoms with van der Waals surface area (Å²) in [4.78, 5) is 2.55. The van der Waals surface area contributed by atoms with E-state index in [1.165, 1.54) is 24.9 Å². The molecule has 1 aromatic rings. The Morgan fingerprint density at radius 3 is 2.60 bits per heavy atom. The van der Waals surface area contributed by atoms with Crippen LogP contribution in [0.4, 0.5) is 0 Å². The van der Waals surface area contributed by atoms with E-state index in [1.54, 1.807) is 0 Å². The van der Waals surface area contributed by atoms with E-state index >= 15 is 0 Å². The van der Waals surface area contributed by atoms with Crippen LogP contribution in [0.3, 0.4) is 0 Å². The lowest BCUT2D eigenvalue weighted by molar-refractivity contribution is 0.175. The van der Waals surface area contributed by atoms with Crippen LogP contribution in [0.25, 0.3) is 0 Å². The topological polar surface area (TPSA) is 15.3 Å². The zero-order chi connectivity index (χ0) is 14.6. The number of benzene rings is 1. The van der Waals surface area contributed by atoms with Crippen LogP contribution in [0.1, 0.15) is 39.2 Å².